The van der Waals surface area contributed by atoms with E-state index in [1.807, 2.05) is 6.92 Å². The molecule has 0 amide bonds. The fraction of sp³-hybridized carbons (Fsp3) is 1.00. The average Bonchev–Trinajstić information content (AvgIpc) is 2.02. The highest BCUT2D eigenvalue weighted by molar-refractivity contribution is 4.88. The molecule has 1 aliphatic carbocycles. The second-order valence-electron chi connectivity index (χ2n) is 4.43. The van der Waals surface area contributed by atoms with E-state index in [0.29, 0.717) is 12.8 Å². The van der Waals surface area contributed by atoms with E-state index >= 15 is 0 Å². The molecule has 1 fully saturated rings. The van der Waals surface area contributed by atoms with Crippen LogP contribution in [-0.2, 0) is 0 Å². The van der Waals surface area contributed by atoms with Crippen LogP contribution in [0.15, 0.2) is 0 Å². The zero-order valence-corrected chi connectivity index (χ0v) is 8.25. The van der Waals surface area contributed by atoms with Crippen molar-refractivity contribution in [3.8, 4) is 0 Å². The van der Waals surface area contributed by atoms with Gasteiger partial charge in [0.15, 0.2) is 0 Å². The van der Waals surface area contributed by atoms with Crippen LogP contribution < -0.4 is 0 Å². The molecule has 0 aliphatic heterocycles. The van der Waals surface area contributed by atoms with Gasteiger partial charge in [-0.3, -0.25) is 0 Å². The van der Waals surface area contributed by atoms with Gasteiger partial charge >= 0.3 is 6.18 Å². The van der Waals surface area contributed by atoms with Crippen molar-refractivity contribution in [1.82, 2.24) is 0 Å². The number of hydrogen-bond donors (Lipinski definition) is 0. The standard InChI is InChI=1S/C10H17F3/c1-3-8-5-4-6-9(2,7-8)10(11,12)13/h8H,3-7H2,1-2H3. The number of alkyl halides is 3. The summed E-state index contributed by atoms with van der Waals surface area (Å²) in [6.07, 6.45) is -0.788. The summed E-state index contributed by atoms with van der Waals surface area (Å²) < 4.78 is 37.9. The van der Waals surface area contributed by atoms with Crippen LogP contribution in [0.2, 0.25) is 0 Å². The minimum Gasteiger partial charge on any atom is -0.171 e. The predicted molar refractivity (Wildman–Crippen MR) is 46.4 cm³/mol. The van der Waals surface area contributed by atoms with Gasteiger partial charge in [0.1, 0.15) is 0 Å². The zero-order chi connectivity index (χ0) is 10.1. The average molecular weight is 194 g/mol. The van der Waals surface area contributed by atoms with Gasteiger partial charge in [0, 0.05) is 0 Å². The van der Waals surface area contributed by atoms with Gasteiger partial charge in [-0.2, -0.15) is 13.2 Å². The zero-order valence-electron chi connectivity index (χ0n) is 8.25. The Bertz CT molecular complexity index is 173. The Labute approximate surface area is 77.5 Å². The van der Waals surface area contributed by atoms with E-state index < -0.39 is 11.6 Å². The molecule has 0 aromatic rings. The second-order valence-corrected chi connectivity index (χ2v) is 4.43. The van der Waals surface area contributed by atoms with Crippen LogP contribution in [0, 0.1) is 11.3 Å². The lowest BCUT2D eigenvalue weighted by Crippen LogP contribution is -2.39. The predicted octanol–water partition coefficient (Wildman–Crippen LogP) is 4.16. The van der Waals surface area contributed by atoms with E-state index in [1.54, 1.807) is 0 Å². The molecule has 0 radical (unpaired) electrons. The lowest BCUT2D eigenvalue weighted by Gasteiger charge is -2.39. The molecule has 1 aliphatic rings. The quantitative estimate of drug-likeness (QED) is 0.588. The number of halogens is 3. The summed E-state index contributed by atoms with van der Waals surface area (Å²) in [5.74, 6) is 0.278. The minimum atomic E-state index is -4.01. The molecule has 0 heterocycles. The first-order valence-electron chi connectivity index (χ1n) is 4.96. The van der Waals surface area contributed by atoms with Gasteiger partial charge in [0.05, 0.1) is 5.41 Å². The van der Waals surface area contributed by atoms with Crippen molar-refractivity contribution in [2.45, 2.75) is 52.1 Å². The molecule has 0 saturated heterocycles. The van der Waals surface area contributed by atoms with Crippen LogP contribution in [0.3, 0.4) is 0 Å². The van der Waals surface area contributed by atoms with E-state index in [2.05, 4.69) is 0 Å². The summed E-state index contributed by atoms with van der Waals surface area (Å²) in [4.78, 5) is 0. The van der Waals surface area contributed by atoms with Crippen LogP contribution in [0.5, 0.6) is 0 Å². The summed E-state index contributed by atoms with van der Waals surface area (Å²) in [6, 6.07) is 0. The summed E-state index contributed by atoms with van der Waals surface area (Å²) in [5.41, 5.74) is -1.41. The Morgan fingerprint density at radius 1 is 1.38 bits per heavy atom. The van der Waals surface area contributed by atoms with Crippen LogP contribution >= 0.6 is 0 Å². The third-order valence-electron chi connectivity index (χ3n) is 3.34. The van der Waals surface area contributed by atoms with Gasteiger partial charge in [-0.05, 0) is 18.8 Å². The lowest BCUT2D eigenvalue weighted by molar-refractivity contribution is -0.232. The normalized spacial score (nSPS) is 36.2. The van der Waals surface area contributed by atoms with E-state index in [4.69, 9.17) is 0 Å². The smallest absolute Gasteiger partial charge is 0.171 e. The van der Waals surface area contributed by atoms with Crippen molar-refractivity contribution in [3.63, 3.8) is 0 Å². The van der Waals surface area contributed by atoms with Gasteiger partial charge in [-0.1, -0.05) is 33.1 Å². The highest BCUT2D eigenvalue weighted by atomic mass is 19.4. The molecule has 1 saturated carbocycles. The van der Waals surface area contributed by atoms with Crippen molar-refractivity contribution >= 4 is 0 Å². The van der Waals surface area contributed by atoms with Crippen LogP contribution in [0.1, 0.15) is 46.0 Å². The molecule has 3 heteroatoms. The molecule has 2 unspecified atom stereocenters. The molecule has 0 spiro atoms. The lowest BCUT2D eigenvalue weighted by atomic mass is 9.70. The van der Waals surface area contributed by atoms with Crippen LogP contribution in [0.25, 0.3) is 0 Å². The Kier molecular flexibility index (Phi) is 2.93. The first-order valence-corrected chi connectivity index (χ1v) is 4.96. The fourth-order valence-corrected chi connectivity index (χ4v) is 2.23. The second kappa shape index (κ2) is 3.50. The Morgan fingerprint density at radius 2 is 2.00 bits per heavy atom. The van der Waals surface area contributed by atoms with E-state index in [9.17, 15) is 13.2 Å². The Morgan fingerprint density at radius 3 is 2.46 bits per heavy atom. The first-order chi connectivity index (χ1) is 5.89. The van der Waals surface area contributed by atoms with E-state index in [0.717, 1.165) is 19.3 Å². The number of rotatable bonds is 1. The molecular formula is C10H17F3. The SMILES string of the molecule is CCC1CCCC(C)(C(F)(F)F)C1. The fourth-order valence-electron chi connectivity index (χ4n) is 2.23. The molecule has 1 rings (SSSR count). The van der Waals surface area contributed by atoms with Crippen LogP contribution in [-0.4, -0.2) is 6.18 Å². The summed E-state index contributed by atoms with van der Waals surface area (Å²) in [5, 5.41) is 0. The monoisotopic (exact) mass is 194 g/mol. The Hall–Kier alpha value is -0.210. The maximum Gasteiger partial charge on any atom is 0.394 e. The van der Waals surface area contributed by atoms with Gasteiger partial charge in [0.25, 0.3) is 0 Å². The minimum absolute atomic E-state index is 0.278. The van der Waals surface area contributed by atoms with Crippen molar-refractivity contribution in [2.75, 3.05) is 0 Å². The van der Waals surface area contributed by atoms with Crippen molar-refractivity contribution < 1.29 is 13.2 Å². The summed E-state index contributed by atoms with van der Waals surface area (Å²) in [6.45, 7) is 3.35. The molecule has 0 aromatic carbocycles. The first kappa shape index (κ1) is 10.9. The van der Waals surface area contributed by atoms with Crippen molar-refractivity contribution in [1.29, 1.82) is 0 Å². The summed E-state index contributed by atoms with van der Waals surface area (Å²) in [7, 11) is 0. The molecule has 78 valence electrons. The van der Waals surface area contributed by atoms with Crippen LogP contribution in [0.4, 0.5) is 13.2 Å². The molecule has 2 atom stereocenters. The maximum absolute atomic E-state index is 12.6. The maximum atomic E-state index is 12.6. The molecular weight excluding hydrogens is 177 g/mol. The van der Waals surface area contributed by atoms with Gasteiger partial charge in [0.2, 0.25) is 0 Å². The third-order valence-corrected chi connectivity index (χ3v) is 3.34. The number of hydrogen-bond acceptors (Lipinski definition) is 0. The molecule has 0 bridgehead atoms. The Balaban J connectivity index is 2.68. The van der Waals surface area contributed by atoms with Gasteiger partial charge < -0.3 is 0 Å². The van der Waals surface area contributed by atoms with Crippen molar-refractivity contribution in [3.05, 3.63) is 0 Å². The molecule has 13 heavy (non-hydrogen) atoms. The largest absolute Gasteiger partial charge is 0.394 e. The van der Waals surface area contributed by atoms with Crippen molar-refractivity contribution in [2.24, 2.45) is 11.3 Å². The summed E-state index contributed by atoms with van der Waals surface area (Å²) >= 11 is 0. The molecule has 0 aromatic heterocycles. The van der Waals surface area contributed by atoms with Gasteiger partial charge in [-0.15, -0.1) is 0 Å². The third kappa shape index (κ3) is 2.18. The van der Waals surface area contributed by atoms with E-state index in [1.165, 1.54) is 6.92 Å². The molecule has 0 N–H and O–H groups in total. The highest BCUT2D eigenvalue weighted by Gasteiger charge is 2.52. The van der Waals surface area contributed by atoms with E-state index in [-0.39, 0.29) is 5.92 Å². The molecule has 0 nitrogen and oxygen atoms in total. The highest BCUT2D eigenvalue weighted by Crippen LogP contribution is 2.50. The van der Waals surface area contributed by atoms with Gasteiger partial charge in [-0.25, -0.2) is 0 Å². The topological polar surface area (TPSA) is 0 Å².